The Morgan fingerprint density at radius 1 is 1.06 bits per heavy atom. The van der Waals surface area contributed by atoms with Crippen LogP contribution < -0.4 is 0 Å². The van der Waals surface area contributed by atoms with Crippen molar-refractivity contribution in [3.05, 3.63) is 57.2 Å². The Morgan fingerprint density at radius 2 is 1.81 bits per heavy atom. The fourth-order valence-electron chi connectivity index (χ4n) is 4.09. The largest absolute Gasteiger partial charge is 0.335 e. The van der Waals surface area contributed by atoms with Gasteiger partial charge in [0.2, 0.25) is 0 Å². The van der Waals surface area contributed by atoms with E-state index < -0.39 is 0 Å². The van der Waals surface area contributed by atoms with E-state index in [4.69, 9.17) is 0 Å². The lowest BCUT2D eigenvalue weighted by atomic mass is 10.1. The second kappa shape index (κ2) is 8.68. The van der Waals surface area contributed by atoms with Crippen molar-refractivity contribution in [2.75, 3.05) is 39.3 Å². The summed E-state index contributed by atoms with van der Waals surface area (Å²) in [7, 11) is 0. The van der Waals surface area contributed by atoms with Gasteiger partial charge in [0.1, 0.15) is 15.7 Å². The quantitative estimate of drug-likeness (QED) is 0.585. The van der Waals surface area contributed by atoms with Crippen molar-refractivity contribution in [3.63, 3.8) is 0 Å². The van der Waals surface area contributed by atoms with Gasteiger partial charge in [-0.2, -0.15) is 0 Å². The van der Waals surface area contributed by atoms with Gasteiger partial charge >= 0.3 is 0 Å². The van der Waals surface area contributed by atoms with Gasteiger partial charge in [-0.05, 0) is 19.1 Å². The number of thiazole rings is 2. The van der Waals surface area contributed by atoms with Crippen molar-refractivity contribution in [2.45, 2.75) is 13.0 Å². The van der Waals surface area contributed by atoms with Gasteiger partial charge in [0.15, 0.2) is 5.01 Å². The molecule has 3 aromatic rings. The first kappa shape index (κ1) is 21.2. The predicted molar refractivity (Wildman–Crippen MR) is 122 cm³/mol. The van der Waals surface area contributed by atoms with Crippen molar-refractivity contribution in [2.24, 2.45) is 0 Å². The van der Waals surface area contributed by atoms with Gasteiger partial charge in [-0.1, -0.05) is 12.1 Å². The summed E-state index contributed by atoms with van der Waals surface area (Å²) in [6.07, 6.45) is 1.65. The average molecular weight is 472 g/mol. The lowest BCUT2D eigenvalue weighted by Crippen LogP contribution is -2.64. The molecule has 10 heteroatoms. The molecule has 2 aromatic heterocycles. The van der Waals surface area contributed by atoms with Gasteiger partial charge in [0.25, 0.3) is 11.8 Å². The molecule has 2 amide bonds. The van der Waals surface area contributed by atoms with Crippen LogP contribution in [0.25, 0.3) is 10.6 Å². The third-order valence-electron chi connectivity index (χ3n) is 5.98. The van der Waals surface area contributed by atoms with Crippen LogP contribution in [0.3, 0.4) is 0 Å². The molecule has 0 unspecified atom stereocenters. The number of nitrogens with zero attached hydrogens (tertiary/aromatic N) is 5. The number of hydrogen-bond acceptors (Lipinski definition) is 7. The Morgan fingerprint density at radius 3 is 2.50 bits per heavy atom. The molecule has 2 aliphatic heterocycles. The Kier molecular flexibility index (Phi) is 5.75. The molecule has 2 fully saturated rings. The summed E-state index contributed by atoms with van der Waals surface area (Å²) in [5.74, 6) is -0.385. The molecular formula is C22H22FN5O2S2. The van der Waals surface area contributed by atoms with Gasteiger partial charge in [-0.25, -0.2) is 14.4 Å². The highest BCUT2D eigenvalue weighted by molar-refractivity contribution is 7.17. The van der Waals surface area contributed by atoms with E-state index in [2.05, 4.69) is 14.9 Å². The minimum Gasteiger partial charge on any atom is -0.335 e. The van der Waals surface area contributed by atoms with Crippen LogP contribution >= 0.6 is 22.7 Å². The number of piperazine rings is 1. The maximum absolute atomic E-state index is 14.1. The summed E-state index contributed by atoms with van der Waals surface area (Å²) < 4.78 is 14.1. The Balaban J connectivity index is 1.17. The highest BCUT2D eigenvalue weighted by Gasteiger charge is 2.38. The molecule has 0 atom stereocenters. The molecule has 166 valence electrons. The lowest BCUT2D eigenvalue weighted by molar-refractivity contribution is 0.00874. The third kappa shape index (κ3) is 3.94. The SMILES string of the molecule is Cc1nc(-c2ccccc2F)sc1C(=O)N1CC(N2CCN(C(=O)c3nccs3)CC2)C1. The second-order valence-corrected chi connectivity index (χ2v) is 9.84. The number of hydrogen-bond donors (Lipinski definition) is 0. The van der Waals surface area contributed by atoms with Crippen LogP contribution in [0, 0.1) is 12.7 Å². The number of carbonyl (C=O) groups excluding carboxylic acids is 2. The highest BCUT2D eigenvalue weighted by atomic mass is 32.1. The maximum atomic E-state index is 14.1. The number of halogens is 1. The van der Waals surface area contributed by atoms with E-state index in [-0.39, 0.29) is 17.6 Å². The molecule has 1 aromatic carbocycles. The fraction of sp³-hybridized carbons (Fsp3) is 0.364. The van der Waals surface area contributed by atoms with E-state index in [1.807, 2.05) is 15.2 Å². The van der Waals surface area contributed by atoms with Crippen molar-refractivity contribution >= 4 is 34.5 Å². The van der Waals surface area contributed by atoms with Gasteiger partial charge in [-0.3, -0.25) is 14.5 Å². The first-order chi connectivity index (χ1) is 15.5. The minimum absolute atomic E-state index is 0.00334. The second-order valence-electron chi connectivity index (χ2n) is 7.94. The maximum Gasteiger partial charge on any atom is 0.282 e. The molecule has 0 bridgehead atoms. The van der Waals surface area contributed by atoms with E-state index in [9.17, 15) is 14.0 Å². The first-order valence-electron chi connectivity index (χ1n) is 10.5. The number of rotatable bonds is 4. The standard InChI is InChI=1S/C22H22FN5O2S2/c1-14-18(32-19(25-14)16-4-2-3-5-17(16)23)21(29)28-12-15(13-28)26-7-9-27(10-8-26)22(30)20-24-6-11-31-20/h2-6,11,15H,7-10,12-13H2,1H3. The lowest BCUT2D eigenvalue weighted by Gasteiger charge is -2.47. The summed E-state index contributed by atoms with van der Waals surface area (Å²) in [6.45, 7) is 6.04. The fourth-order valence-corrected chi connectivity index (χ4v) is 5.76. The van der Waals surface area contributed by atoms with Crippen LogP contribution in [-0.2, 0) is 0 Å². The van der Waals surface area contributed by atoms with Gasteiger partial charge in [0, 0.05) is 62.5 Å². The topological polar surface area (TPSA) is 69.6 Å². The minimum atomic E-state index is -0.336. The van der Waals surface area contributed by atoms with E-state index in [0.29, 0.717) is 58.4 Å². The number of amides is 2. The first-order valence-corrected chi connectivity index (χ1v) is 12.2. The number of likely N-dealkylation sites (tertiary alicyclic amines) is 1. The average Bonchev–Trinajstić information content (AvgIpc) is 3.43. The number of carbonyl (C=O) groups is 2. The molecular weight excluding hydrogens is 449 g/mol. The summed E-state index contributed by atoms with van der Waals surface area (Å²) in [5, 5.41) is 2.88. The van der Waals surface area contributed by atoms with Crippen LogP contribution in [0.1, 0.15) is 25.2 Å². The van der Waals surface area contributed by atoms with E-state index in [1.54, 1.807) is 31.3 Å². The normalized spacial score (nSPS) is 17.4. The molecule has 4 heterocycles. The highest BCUT2D eigenvalue weighted by Crippen LogP contribution is 2.31. The molecule has 0 radical (unpaired) electrons. The molecule has 2 saturated heterocycles. The smallest absolute Gasteiger partial charge is 0.282 e. The number of aryl methyl sites for hydroxylation is 1. The van der Waals surface area contributed by atoms with E-state index >= 15 is 0 Å². The molecule has 7 nitrogen and oxygen atoms in total. The van der Waals surface area contributed by atoms with Crippen LogP contribution in [0.4, 0.5) is 4.39 Å². The van der Waals surface area contributed by atoms with Gasteiger partial charge < -0.3 is 9.80 Å². The third-order valence-corrected chi connectivity index (χ3v) is 7.92. The molecule has 0 saturated carbocycles. The van der Waals surface area contributed by atoms with Crippen molar-refractivity contribution in [3.8, 4) is 10.6 Å². The molecule has 2 aliphatic rings. The summed E-state index contributed by atoms with van der Waals surface area (Å²) >= 11 is 2.61. The Bertz CT molecular complexity index is 1140. The molecule has 5 rings (SSSR count). The molecule has 0 spiro atoms. The predicted octanol–water partition coefficient (Wildman–Crippen LogP) is 3.00. The zero-order chi connectivity index (χ0) is 22.2. The molecule has 0 N–H and O–H groups in total. The number of aromatic nitrogens is 2. The zero-order valence-corrected chi connectivity index (χ0v) is 19.2. The van der Waals surface area contributed by atoms with Crippen LogP contribution in [0.2, 0.25) is 0 Å². The van der Waals surface area contributed by atoms with Crippen molar-refractivity contribution < 1.29 is 14.0 Å². The number of benzene rings is 1. The Hall–Kier alpha value is -2.69. The summed E-state index contributed by atoms with van der Waals surface area (Å²) in [6, 6.07) is 6.79. The monoisotopic (exact) mass is 471 g/mol. The van der Waals surface area contributed by atoms with Crippen LogP contribution in [-0.4, -0.2) is 81.8 Å². The van der Waals surface area contributed by atoms with Gasteiger partial charge in [0.05, 0.1) is 5.69 Å². The van der Waals surface area contributed by atoms with Crippen molar-refractivity contribution in [1.82, 2.24) is 24.7 Å². The summed E-state index contributed by atoms with van der Waals surface area (Å²) in [5.41, 5.74) is 1.06. The van der Waals surface area contributed by atoms with E-state index in [1.165, 1.54) is 28.7 Å². The zero-order valence-electron chi connectivity index (χ0n) is 17.5. The Labute approximate surface area is 193 Å². The van der Waals surface area contributed by atoms with E-state index in [0.717, 1.165) is 13.1 Å². The van der Waals surface area contributed by atoms with Crippen LogP contribution in [0.5, 0.6) is 0 Å². The summed E-state index contributed by atoms with van der Waals surface area (Å²) in [4.78, 5) is 40.6. The molecule has 0 aliphatic carbocycles. The van der Waals surface area contributed by atoms with Crippen molar-refractivity contribution in [1.29, 1.82) is 0 Å². The van der Waals surface area contributed by atoms with Gasteiger partial charge in [-0.15, -0.1) is 22.7 Å². The van der Waals surface area contributed by atoms with Crippen LogP contribution in [0.15, 0.2) is 35.8 Å². The molecule has 32 heavy (non-hydrogen) atoms.